The highest BCUT2D eigenvalue weighted by atomic mass is 16.5. The summed E-state index contributed by atoms with van der Waals surface area (Å²) in [5.74, 6) is -0.359. The van der Waals surface area contributed by atoms with Crippen molar-refractivity contribution in [2.24, 2.45) is 0 Å². The number of carbonyl (C=O) groups excluding carboxylic acids is 2. The van der Waals surface area contributed by atoms with E-state index in [9.17, 15) is 9.59 Å². The summed E-state index contributed by atoms with van der Waals surface area (Å²) in [4.78, 5) is 22.1. The van der Waals surface area contributed by atoms with Crippen molar-refractivity contribution in [3.63, 3.8) is 0 Å². The summed E-state index contributed by atoms with van der Waals surface area (Å²) in [5.41, 5.74) is 2.18. The predicted octanol–water partition coefficient (Wildman–Crippen LogP) is 1.78. The maximum Gasteiger partial charge on any atom is 0.310 e. The van der Waals surface area contributed by atoms with Crippen LogP contribution < -0.4 is 0 Å². The molecule has 4 nitrogen and oxygen atoms in total. The van der Waals surface area contributed by atoms with Gasteiger partial charge in [0.2, 0.25) is 0 Å². The van der Waals surface area contributed by atoms with Crippen LogP contribution in [0.1, 0.15) is 34.0 Å². The zero-order valence-electron chi connectivity index (χ0n) is 9.82. The SMILES string of the molecule is CCOC(=O)Cc1cc(C=O)cc(C#N)c1C. The second-order valence-corrected chi connectivity index (χ2v) is 3.56. The maximum atomic E-state index is 11.4. The molecule has 0 N–H and O–H groups in total. The Morgan fingerprint density at radius 2 is 2.24 bits per heavy atom. The number of carbonyl (C=O) groups is 2. The van der Waals surface area contributed by atoms with E-state index in [1.54, 1.807) is 19.9 Å². The van der Waals surface area contributed by atoms with E-state index in [0.29, 0.717) is 35.1 Å². The smallest absolute Gasteiger partial charge is 0.310 e. The molecular weight excluding hydrogens is 218 g/mol. The zero-order valence-corrected chi connectivity index (χ0v) is 9.82. The Kier molecular flexibility index (Phi) is 4.41. The largest absolute Gasteiger partial charge is 0.466 e. The Morgan fingerprint density at radius 3 is 2.76 bits per heavy atom. The number of esters is 1. The molecular formula is C13H13NO3. The Balaban J connectivity index is 3.10. The second-order valence-electron chi connectivity index (χ2n) is 3.56. The van der Waals surface area contributed by atoms with Gasteiger partial charge in [0.15, 0.2) is 0 Å². The normalized spacial score (nSPS) is 9.47. The van der Waals surface area contributed by atoms with Gasteiger partial charge in [-0.25, -0.2) is 0 Å². The van der Waals surface area contributed by atoms with Gasteiger partial charge >= 0.3 is 5.97 Å². The fraction of sp³-hybridized carbons (Fsp3) is 0.308. The number of nitrogens with zero attached hydrogens (tertiary/aromatic N) is 1. The molecule has 0 unspecified atom stereocenters. The van der Waals surface area contributed by atoms with Gasteiger partial charge in [0.1, 0.15) is 6.29 Å². The average Bonchev–Trinajstić information content (AvgIpc) is 2.32. The van der Waals surface area contributed by atoms with E-state index in [1.807, 2.05) is 6.07 Å². The fourth-order valence-electron chi connectivity index (χ4n) is 1.53. The molecule has 0 spiro atoms. The molecule has 0 aliphatic rings. The van der Waals surface area contributed by atoms with Crippen LogP contribution in [0.5, 0.6) is 0 Å². The van der Waals surface area contributed by atoms with Crippen molar-refractivity contribution in [1.29, 1.82) is 5.26 Å². The lowest BCUT2D eigenvalue weighted by molar-refractivity contribution is -0.142. The van der Waals surface area contributed by atoms with Crippen LogP contribution >= 0.6 is 0 Å². The van der Waals surface area contributed by atoms with Gasteiger partial charge < -0.3 is 4.74 Å². The number of benzene rings is 1. The minimum Gasteiger partial charge on any atom is -0.466 e. The standard InChI is InChI=1S/C13H13NO3/c1-3-17-13(16)6-11-4-10(8-15)5-12(7-14)9(11)2/h4-5,8H,3,6H2,1-2H3. The molecule has 0 radical (unpaired) electrons. The van der Waals surface area contributed by atoms with Crippen LogP contribution in [-0.4, -0.2) is 18.9 Å². The summed E-state index contributed by atoms with van der Waals surface area (Å²) in [6.45, 7) is 3.80. The first-order valence-electron chi connectivity index (χ1n) is 5.26. The quantitative estimate of drug-likeness (QED) is 0.585. The second kappa shape index (κ2) is 5.80. The van der Waals surface area contributed by atoms with Gasteiger partial charge in [-0.3, -0.25) is 9.59 Å². The molecule has 0 saturated heterocycles. The van der Waals surface area contributed by atoms with E-state index >= 15 is 0 Å². The van der Waals surface area contributed by atoms with E-state index in [4.69, 9.17) is 10.00 Å². The summed E-state index contributed by atoms with van der Waals surface area (Å²) in [7, 11) is 0. The minimum absolute atomic E-state index is 0.0794. The van der Waals surface area contributed by atoms with Crippen molar-refractivity contribution < 1.29 is 14.3 Å². The molecule has 4 heteroatoms. The molecule has 1 aromatic rings. The molecule has 0 atom stereocenters. The fourth-order valence-corrected chi connectivity index (χ4v) is 1.53. The lowest BCUT2D eigenvalue weighted by atomic mass is 9.98. The van der Waals surface area contributed by atoms with Crippen molar-refractivity contribution in [2.75, 3.05) is 6.61 Å². The molecule has 0 aromatic heterocycles. The van der Waals surface area contributed by atoms with Gasteiger partial charge in [-0.1, -0.05) is 0 Å². The molecule has 17 heavy (non-hydrogen) atoms. The number of hydrogen-bond donors (Lipinski definition) is 0. The van der Waals surface area contributed by atoms with Crippen molar-refractivity contribution in [2.45, 2.75) is 20.3 Å². The highest BCUT2D eigenvalue weighted by Gasteiger charge is 2.11. The van der Waals surface area contributed by atoms with Crippen LogP contribution in [0.2, 0.25) is 0 Å². The first-order chi connectivity index (χ1) is 8.12. The third-order valence-electron chi connectivity index (χ3n) is 2.43. The van der Waals surface area contributed by atoms with Gasteiger partial charge in [0.25, 0.3) is 0 Å². The summed E-state index contributed by atoms with van der Waals surface area (Å²) < 4.78 is 4.84. The van der Waals surface area contributed by atoms with Gasteiger partial charge in [-0.05, 0) is 37.1 Å². The number of rotatable bonds is 4. The molecule has 1 aromatic carbocycles. The highest BCUT2D eigenvalue weighted by molar-refractivity contribution is 5.79. The first kappa shape index (κ1) is 12.9. The van der Waals surface area contributed by atoms with Crippen LogP contribution in [0.25, 0.3) is 0 Å². The Labute approximate surface area is 99.8 Å². The molecule has 0 bridgehead atoms. The maximum absolute atomic E-state index is 11.4. The first-order valence-corrected chi connectivity index (χ1v) is 5.26. The van der Waals surface area contributed by atoms with Crippen molar-refractivity contribution in [3.8, 4) is 6.07 Å². The van der Waals surface area contributed by atoms with Crippen LogP contribution in [-0.2, 0) is 16.0 Å². The van der Waals surface area contributed by atoms with E-state index in [-0.39, 0.29) is 12.4 Å². The summed E-state index contributed by atoms with van der Waals surface area (Å²) in [5, 5.41) is 8.92. The monoisotopic (exact) mass is 231 g/mol. The average molecular weight is 231 g/mol. The highest BCUT2D eigenvalue weighted by Crippen LogP contribution is 2.16. The van der Waals surface area contributed by atoms with Gasteiger partial charge in [0, 0.05) is 5.56 Å². The van der Waals surface area contributed by atoms with Gasteiger partial charge in [-0.2, -0.15) is 5.26 Å². The van der Waals surface area contributed by atoms with E-state index in [0.717, 1.165) is 0 Å². The topological polar surface area (TPSA) is 67.2 Å². The number of ether oxygens (including phenoxy) is 1. The molecule has 88 valence electrons. The van der Waals surface area contributed by atoms with Crippen molar-refractivity contribution >= 4 is 12.3 Å². The Hall–Kier alpha value is -2.15. The Morgan fingerprint density at radius 1 is 1.53 bits per heavy atom. The molecule has 0 aliphatic heterocycles. The van der Waals surface area contributed by atoms with E-state index in [2.05, 4.69) is 0 Å². The van der Waals surface area contributed by atoms with Crippen LogP contribution in [0.4, 0.5) is 0 Å². The lowest BCUT2D eigenvalue weighted by Crippen LogP contribution is -2.09. The van der Waals surface area contributed by atoms with Gasteiger partial charge in [0.05, 0.1) is 24.7 Å². The third kappa shape index (κ3) is 3.15. The number of hydrogen-bond acceptors (Lipinski definition) is 4. The summed E-state index contributed by atoms with van der Waals surface area (Å²) in [6, 6.07) is 5.13. The number of aldehydes is 1. The van der Waals surface area contributed by atoms with Gasteiger partial charge in [-0.15, -0.1) is 0 Å². The minimum atomic E-state index is -0.359. The van der Waals surface area contributed by atoms with Crippen LogP contribution in [0.15, 0.2) is 12.1 Å². The molecule has 0 aliphatic carbocycles. The van der Waals surface area contributed by atoms with Crippen LogP contribution in [0, 0.1) is 18.3 Å². The molecule has 0 heterocycles. The lowest BCUT2D eigenvalue weighted by Gasteiger charge is -2.08. The molecule has 1 rings (SSSR count). The summed E-state index contributed by atoms with van der Waals surface area (Å²) in [6.07, 6.45) is 0.741. The molecule has 0 fully saturated rings. The van der Waals surface area contributed by atoms with E-state index < -0.39 is 0 Å². The summed E-state index contributed by atoms with van der Waals surface area (Å²) >= 11 is 0. The predicted molar refractivity (Wildman–Crippen MR) is 61.6 cm³/mol. The van der Waals surface area contributed by atoms with Crippen LogP contribution in [0.3, 0.4) is 0 Å². The molecule has 0 amide bonds. The van der Waals surface area contributed by atoms with Crippen molar-refractivity contribution in [1.82, 2.24) is 0 Å². The Bertz CT molecular complexity index is 486. The van der Waals surface area contributed by atoms with Crippen molar-refractivity contribution in [3.05, 3.63) is 34.4 Å². The zero-order chi connectivity index (χ0) is 12.8. The third-order valence-corrected chi connectivity index (χ3v) is 2.43. The number of nitriles is 1. The van der Waals surface area contributed by atoms with E-state index in [1.165, 1.54) is 6.07 Å². The molecule has 0 saturated carbocycles.